The fraction of sp³-hybridized carbons (Fsp3) is 0.227. The van der Waals surface area contributed by atoms with Crippen molar-refractivity contribution in [2.24, 2.45) is 0 Å². The third kappa shape index (κ3) is 3.89. The van der Waals surface area contributed by atoms with Gasteiger partial charge in [0, 0.05) is 40.6 Å². The van der Waals surface area contributed by atoms with Crippen LogP contribution in [-0.4, -0.2) is 25.5 Å². The molecule has 0 radical (unpaired) electrons. The number of aromatic nitrogens is 3. The molecule has 0 saturated heterocycles. The fourth-order valence-corrected chi connectivity index (χ4v) is 5.03. The Kier molecular flexibility index (Phi) is 5.44. The minimum atomic E-state index is -0.417. The van der Waals surface area contributed by atoms with Gasteiger partial charge < -0.3 is 5.32 Å². The Labute approximate surface area is 192 Å². The summed E-state index contributed by atoms with van der Waals surface area (Å²) < 4.78 is 1.76. The summed E-state index contributed by atoms with van der Waals surface area (Å²) in [7, 11) is 0. The largest absolute Gasteiger partial charge is 0.328 e. The first-order valence-corrected chi connectivity index (χ1v) is 11.5. The van der Waals surface area contributed by atoms with Crippen molar-refractivity contribution >= 4 is 40.8 Å². The third-order valence-electron chi connectivity index (χ3n) is 5.53. The molecule has 1 aromatic heterocycles. The van der Waals surface area contributed by atoms with Gasteiger partial charge in [0.25, 0.3) is 5.69 Å². The lowest BCUT2D eigenvalue weighted by Gasteiger charge is -2.32. The second-order valence-electron chi connectivity index (χ2n) is 7.63. The molecule has 32 heavy (non-hydrogen) atoms. The Balaban J connectivity index is 1.45. The summed E-state index contributed by atoms with van der Waals surface area (Å²) in [6.45, 7) is 0. The standard InChI is InChI=1S/C22H18ClN5O3S/c23-15-4-1-3-14(11-15)20-19-17(5-2-6-18(19)29)24-21-25-22(26-27(20)21)32-12-13-7-9-16(10-8-13)28(30)31/h1,3-4,7-11,20H,2,5-6,12H2,(H,24,25,26)/t20-/m1/s1. The number of nitrogens with zero attached hydrogens (tertiary/aromatic N) is 4. The number of nitrogens with one attached hydrogen (secondary N) is 1. The van der Waals surface area contributed by atoms with E-state index in [0.29, 0.717) is 28.3 Å². The minimum Gasteiger partial charge on any atom is -0.328 e. The zero-order valence-electron chi connectivity index (χ0n) is 16.8. The van der Waals surface area contributed by atoms with Gasteiger partial charge in [0.2, 0.25) is 11.1 Å². The SMILES string of the molecule is O=C1CCCC2=C1[C@@H](c1cccc(Cl)c1)n1nc(SCc3ccc([N+](=O)[O-])cc3)nc1N2. The molecule has 0 fully saturated rings. The molecule has 1 N–H and O–H groups in total. The third-order valence-corrected chi connectivity index (χ3v) is 6.67. The lowest BCUT2D eigenvalue weighted by Crippen LogP contribution is -2.31. The van der Waals surface area contributed by atoms with Crippen LogP contribution in [0.2, 0.25) is 5.02 Å². The molecular formula is C22H18ClN5O3S. The van der Waals surface area contributed by atoms with Gasteiger partial charge in [0.15, 0.2) is 5.78 Å². The number of ketones is 1. The molecule has 1 aliphatic heterocycles. The summed E-state index contributed by atoms with van der Waals surface area (Å²) in [4.78, 5) is 27.9. The topological polar surface area (TPSA) is 103 Å². The molecule has 10 heteroatoms. The van der Waals surface area contributed by atoms with E-state index in [1.165, 1.54) is 23.9 Å². The van der Waals surface area contributed by atoms with Crippen LogP contribution in [0.4, 0.5) is 11.6 Å². The van der Waals surface area contributed by atoms with Crippen molar-refractivity contribution in [3.05, 3.63) is 86.1 Å². The number of fused-ring (bicyclic) bond motifs is 1. The molecule has 8 nitrogen and oxygen atoms in total. The number of Topliss-reactive ketones (excluding diaryl/α,β-unsaturated/α-hetero) is 1. The Morgan fingerprint density at radius 3 is 2.78 bits per heavy atom. The zero-order valence-corrected chi connectivity index (χ0v) is 18.4. The number of rotatable bonds is 5. The highest BCUT2D eigenvalue weighted by atomic mass is 35.5. The molecule has 0 saturated carbocycles. The lowest BCUT2D eigenvalue weighted by molar-refractivity contribution is -0.384. The summed E-state index contributed by atoms with van der Waals surface area (Å²) >= 11 is 7.68. The highest BCUT2D eigenvalue weighted by molar-refractivity contribution is 7.98. The molecule has 3 aromatic rings. The Morgan fingerprint density at radius 1 is 1.22 bits per heavy atom. The highest BCUT2D eigenvalue weighted by Gasteiger charge is 2.36. The summed E-state index contributed by atoms with van der Waals surface area (Å²) in [5.74, 6) is 1.27. The van der Waals surface area contributed by atoms with Gasteiger partial charge in [-0.05, 0) is 36.1 Å². The summed E-state index contributed by atoms with van der Waals surface area (Å²) in [6.07, 6.45) is 2.11. The monoisotopic (exact) mass is 467 g/mol. The van der Waals surface area contributed by atoms with Crippen molar-refractivity contribution in [2.45, 2.75) is 36.2 Å². The van der Waals surface area contributed by atoms with E-state index in [0.717, 1.165) is 35.2 Å². The number of hydrogen-bond donors (Lipinski definition) is 1. The summed E-state index contributed by atoms with van der Waals surface area (Å²) in [5, 5.41) is 20.0. The van der Waals surface area contributed by atoms with Crippen molar-refractivity contribution in [2.75, 3.05) is 5.32 Å². The average molecular weight is 468 g/mol. The molecule has 0 bridgehead atoms. The lowest BCUT2D eigenvalue weighted by atomic mass is 9.85. The maximum atomic E-state index is 12.9. The number of non-ortho nitro benzene ring substituents is 1. The van der Waals surface area contributed by atoms with Crippen LogP contribution in [0.5, 0.6) is 0 Å². The van der Waals surface area contributed by atoms with Crippen molar-refractivity contribution < 1.29 is 9.72 Å². The number of anilines is 1. The number of nitro benzene ring substituents is 1. The molecule has 0 amide bonds. The van der Waals surface area contributed by atoms with Gasteiger partial charge in [-0.25, -0.2) is 4.68 Å². The Hall–Kier alpha value is -3.17. The van der Waals surface area contributed by atoms with Crippen molar-refractivity contribution in [1.29, 1.82) is 0 Å². The first-order valence-electron chi connectivity index (χ1n) is 10.1. The minimum absolute atomic E-state index is 0.0595. The van der Waals surface area contributed by atoms with Gasteiger partial charge >= 0.3 is 0 Å². The first-order chi connectivity index (χ1) is 15.5. The van der Waals surface area contributed by atoms with Gasteiger partial charge in [0.05, 0.1) is 4.92 Å². The number of benzene rings is 2. The second-order valence-corrected chi connectivity index (χ2v) is 9.01. The number of carbonyl (C=O) groups excluding carboxylic acids is 1. The van der Waals surface area contributed by atoms with Crippen LogP contribution in [0.1, 0.15) is 36.4 Å². The predicted molar refractivity (Wildman–Crippen MR) is 122 cm³/mol. The maximum absolute atomic E-state index is 12.9. The summed E-state index contributed by atoms with van der Waals surface area (Å²) in [5.41, 5.74) is 3.50. The van der Waals surface area contributed by atoms with Crippen molar-refractivity contribution in [3.8, 4) is 0 Å². The molecule has 5 rings (SSSR count). The first kappa shape index (κ1) is 20.7. The number of thioether (sulfide) groups is 1. The van der Waals surface area contributed by atoms with Crippen LogP contribution in [0.15, 0.2) is 65.0 Å². The molecule has 2 aromatic carbocycles. The van der Waals surface area contributed by atoms with Crippen molar-refractivity contribution in [3.63, 3.8) is 0 Å². The zero-order chi connectivity index (χ0) is 22.2. The van der Waals surface area contributed by atoms with E-state index in [1.54, 1.807) is 22.9 Å². The molecule has 0 unspecified atom stereocenters. The number of allylic oxidation sites excluding steroid dienone is 2. The van der Waals surface area contributed by atoms with Crippen molar-refractivity contribution in [1.82, 2.24) is 14.8 Å². The molecule has 2 aliphatic rings. The quantitative estimate of drug-likeness (QED) is 0.314. The Morgan fingerprint density at radius 2 is 2.03 bits per heavy atom. The van der Waals surface area contributed by atoms with Crippen LogP contribution >= 0.6 is 23.4 Å². The van der Waals surface area contributed by atoms with Crippen LogP contribution in [0.3, 0.4) is 0 Å². The van der Waals surface area contributed by atoms with E-state index in [4.69, 9.17) is 16.7 Å². The Bertz CT molecular complexity index is 1250. The van der Waals surface area contributed by atoms with E-state index < -0.39 is 4.92 Å². The molecule has 2 heterocycles. The van der Waals surface area contributed by atoms with E-state index in [9.17, 15) is 14.9 Å². The highest BCUT2D eigenvalue weighted by Crippen LogP contribution is 2.41. The molecule has 0 spiro atoms. The number of carbonyl (C=O) groups is 1. The van der Waals surface area contributed by atoms with Crippen LogP contribution in [0.25, 0.3) is 0 Å². The normalized spacial score (nSPS) is 17.5. The van der Waals surface area contributed by atoms with Crippen LogP contribution in [-0.2, 0) is 10.5 Å². The molecule has 1 atom stereocenters. The van der Waals surface area contributed by atoms with Crippen LogP contribution in [0, 0.1) is 10.1 Å². The van der Waals surface area contributed by atoms with Gasteiger partial charge in [-0.3, -0.25) is 14.9 Å². The van der Waals surface area contributed by atoms with E-state index in [-0.39, 0.29) is 17.5 Å². The number of halogens is 1. The molecule has 162 valence electrons. The number of hydrogen-bond acceptors (Lipinski definition) is 7. The fourth-order valence-electron chi connectivity index (χ4n) is 4.04. The molecule has 1 aliphatic carbocycles. The average Bonchev–Trinajstić information content (AvgIpc) is 3.19. The van der Waals surface area contributed by atoms with Gasteiger partial charge in [-0.1, -0.05) is 47.6 Å². The van der Waals surface area contributed by atoms with E-state index in [1.807, 2.05) is 18.2 Å². The second kappa shape index (κ2) is 8.40. The van der Waals surface area contributed by atoms with E-state index in [2.05, 4.69) is 10.3 Å². The van der Waals surface area contributed by atoms with E-state index >= 15 is 0 Å². The van der Waals surface area contributed by atoms with Gasteiger partial charge in [0.1, 0.15) is 6.04 Å². The molecular weight excluding hydrogens is 450 g/mol. The predicted octanol–water partition coefficient (Wildman–Crippen LogP) is 5.15. The van der Waals surface area contributed by atoms with Gasteiger partial charge in [-0.15, -0.1) is 5.10 Å². The number of nitro groups is 1. The smallest absolute Gasteiger partial charge is 0.269 e. The van der Waals surface area contributed by atoms with Crippen LogP contribution < -0.4 is 5.32 Å². The van der Waals surface area contributed by atoms with Gasteiger partial charge in [-0.2, -0.15) is 4.98 Å². The maximum Gasteiger partial charge on any atom is 0.269 e. The summed E-state index contributed by atoms with van der Waals surface area (Å²) in [6, 6.07) is 13.5.